The van der Waals surface area contributed by atoms with E-state index < -0.39 is 0 Å². The molecule has 104 valence electrons. The number of fused-ring (bicyclic) bond motifs is 1. The van der Waals surface area contributed by atoms with Gasteiger partial charge in [0.2, 0.25) is 0 Å². The van der Waals surface area contributed by atoms with E-state index in [4.69, 9.17) is 16.0 Å². The topological polar surface area (TPSA) is 31.0 Å². The first-order chi connectivity index (χ1) is 9.56. The molecule has 0 spiro atoms. The number of aryl methyl sites for hydroxylation is 2. The molecule has 0 aliphatic carbocycles. The first kappa shape index (κ1) is 13.3. The van der Waals surface area contributed by atoms with Crippen molar-refractivity contribution < 1.29 is 4.42 Å². The zero-order valence-electron chi connectivity index (χ0n) is 11.9. The van der Waals surface area contributed by atoms with Gasteiger partial charge in [-0.2, -0.15) is 0 Å². The number of nitrogens with zero attached hydrogens (tertiary/aromatic N) is 2. The third-order valence-electron chi connectivity index (χ3n) is 3.46. The number of aromatic nitrogens is 2. The minimum Gasteiger partial charge on any atom is -0.464 e. The summed E-state index contributed by atoms with van der Waals surface area (Å²) in [6, 6.07) is 10.1. The summed E-state index contributed by atoms with van der Waals surface area (Å²) in [7, 11) is 0. The summed E-state index contributed by atoms with van der Waals surface area (Å²) in [5.41, 5.74) is 3.31. The van der Waals surface area contributed by atoms with E-state index in [1.54, 1.807) is 0 Å². The van der Waals surface area contributed by atoms with E-state index in [9.17, 15) is 0 Å². The summed E-state index contributed by atoms with van der Waals surface area (Å²) in [6.07, 6.45) is 0. The lowest BCUT2D eigenvalue weighted by Gasteiger charge is -2.10. The Bertz CT molecular complexity index is 755. The van der Waals surface area contributed by atoms with E-state index in [1.165, 1.54) is 5.56 Å². The molecule has 2 heterocycles. The summed E-state index contributed by atoms with van der Waals surface area (Å²) < 4.78 is 7.84. The van der Waals surface area contributed by atoms with Crippen LogP contribution in [0.1, 0.15) is 35.2 Å². The van der Waals surface area contributed by atoms with Crippen LogP contribution in [-0.2, 0) is 6.54 Å². The van der Waals surface area contributed by atoms with E-state index in [2.05, 4.69) is 22.5 Å². The fourth-order valence-corrected chi connectivity index (χ4v) is 2.74. The SMILES string of the molecule is Cc1ccc(Cn2c(C(C)Cl)nc3cccc(C)c32)o1. The van der Waals surface area contributed by atoms with Crippen LogP contribution in [-0.4, -0.2) is 9.55 Å². The number of para-hydroxylation sites is 1. The van der Waals surface area contributed by atoms with Crippen molar-refractivity contribution in [2.45, 2.75) is 32.7 Å². The van der Waals surface area contributed by atoms with Crippen molar-refractivity contribution in [2.75, 3.05) is 0 Å². The number of rotatable bonds is 3. The lowest BCUT2D eigenvalue weighted by Crippen LogP contribution is -2.05. The third kappa shape index (κ3) is 2.22. The Hall–Kier alpha value is -1.74. The molecule has 0 radical (unpaired) electrons. The highest BCUT2D eigenvalue weighted by Gasteiger charge is 2.17. The normalized spacial score (nSPS) is 13.0. The lowest BCUT2D eigenvalue weighted by molar-refractivity contribution is 0.469. The molecule has 3 rings (SSSR count). The fourth-order valence-electron chi connectivity index (χ4n) is 2.57. The van der Waals surface area contributed by atoms with Gasteiger partial charge in [-0.25, -0.2) is 4.98 Å². The maximum atomic E-state index is 6.29. The van der Waals surface area contributed by atoms with Gasteiger partial charge in [-0.3, -0.25) is 0 Å². The number of hydrogen-bond acceptors (Lipinski definition) is 2. The van der Waals surface area contributed by atoms with E-state index in [0.717, 1.165) is 28.4 Å². The van der Waals surface area contributed by atoms with Crippen LogP contribution in [0.4, 0.5) is 0 Å². The molecular weight excluding hydrogens is 272 g/mol. The molecule has 3 nitrogen and oxygen atoms in total. The molecule has 1 aromatic carbocycles. The van der Waals surface area contributed by atoms with Gasteiger partial charge in [-0.05, 0) is 44.5 Å². The largest absolute Gasteiger partial charge is 0.464 e. The summed E-state index contributed by atoms with van der Waals surface area (Å²) >= 11 is 6.29. The van der Waals surface area contributed by atoms with Crippen molar-refractivity contribution in [3.63, 3.8) is 0 Å². The Kier molecular flexibility index (Phi) is 3.30. The van der Waals surface area contributed by atoms with E-state index in [0.29, 0.717) is 6.54 Å². The summed E-state index contributed by atoms with van der Waals surface area (Å²) in [4.78, 5) is 4.67. The Balaban J connectivity index is 2.18. The molecule has 0 fully saturated rings. The van der Waals surface area contributed by atoms with Crippen LogP contribution in [0.2, 0.25) is 0 Å². The number of halogens is 1. The number of hydrogen-bond donors (Lipinski definition) is 0. The summed E-state index contributed by atoms with van der Waals surface area (Å²) in [5, 5.41) is -0.141. The first-order valence-corrected chi connectivity index (χ1v) is 7.15. The van der Waals surface area contributed by atoms with Crippen molar-refractivity contribution in [3.05, 3.63) is 53.2 Å². The van der Waals surface area contributed by atoms with E-state index in [1.807, 2.05) is 38.1 Å². The van der Waals surface area contributed by atoms with Crippen LogP contribution in [0.5, 0.6) is 0 Å². The maximum Gasteiger partial charge on any atom is 0.128 e. The number of imidazole rings is 1. The second-order valence-corrected chi connectivity index (χ2v) is 5.78. The standard InChI is InChI=1S/C16H17ClN2O/c1-10-5-4-6-14-15(10)19(16(18-14)12(3)17)9-13-8-7-11(2)20-13/h4-8,12H,9H2,1-3H3. The summed E-state index contributed by atoms with van der Waals surface area (Å²) in [5.74, 6) is 2.72. The van der Waals surface area contributed by atoms with Gasteiger partial charge in [0.05, 0.1) is 23.0 Å². The van der Waals surface area contributed by atoms with Gasteiger partial charge in [-0.15, -0.1) is 11.6 Å². The Morgan fingerprint density at radius 1 is 1.25 bits per heavy atom. The molecule has 0 bridgehead atoms. The monoisotopic (exact) mass is 288 g/mol. The third-order valence-corrected chi connectivity index (χ3v) is 3.66. The van der Waals surface area contributed by atoms with Gasteiger partial charge in [0.15, 0.2) is 0 Å². The Morgan fingerprint density at radius 3 is 2.70 bits per heavy atom. The van der Waals surface area contributed by atoms with Crippen molar-refractivity contribution in [2.24, 2.45) is 0 Å². The molecule has 1 unspecified atom stereocenters. The van der Waals surface area contributed by atoms with Crippen LogP contribution < -0.4 is 0 Å². The molecule has 0 N–H and O–H groups in total. The molecule has 2 aromatic heterocycles. The minimum absolute atomic E-state index is 0.141. The van der Waals surface area contributed by atoms with Gasteiger partial charge in [0.1, 0.15) is 17.3 Å². The quantitative estimate of drug-likeness (QED) is 0.660. The molecule has 0 aliphatic heterocycles. The zero-order valence-corrected chi connectivity index (χ0v) is 12.6. The number of benzene rings is 1. The smallest absolute Gasteiger partial charge is 0.128 e. The zero-order chi connectivity index (χ0) is 14.3. The summed E-state index contributed by atoms with van der Waals surface area (Å²) in [6.45, 7) is 6.64. The second kappa shape index (κ2) is 4.98. The first-order valence-electron chi connectivity index (χ1n) is 6.71. The number of furan rings is 1. The van der Waals surface area contributed by atoms with Crippen LogP contribution in [0.25, 0.3) is 11.0 Å². The van der Waals surface area contributed by atoms with Crippen LogP contribution >= 0.6 is 11.6 Å². The van der Waals surface area contributed by atoms with Crippen LogP contribution in [0.15, 0.2) is 34.7 Å². The predicted octanol–water partition coefficient (Wildman–Crippen LogP) is 4.59. The molecule has 3 aromatic rings. The van der Waals surface area contributed by atoms with Crippen molar-refractivity contribution >= 4 is 22.6 Å². The van der Waals surface area contributed by atoms with Gasteiger partial charge >= 0.3 is 0 Å². The van der Waals surface area contributed by atoms with Crippen molar-refractivity contribution in [1.82, 2.24) is 9.55 Å². The number of alkyl halides is 1. The highest BCUT2D eigenvalue weighted by Crippen LogP contribution is 2.27. The molecule has 0 saturated heterocycles. The predicted molar refractivity (Wildman–Crippen MR) is 81.3 cm³/mol. The lowest BCUT2D eigenvalue weighted by atomic mass is 10.2. The highest BCUT2D eigenvalue weighted by molar-refractivity contribution is 6.20. The van der Waals surface area contributed by atoms with Crippen molar-refractivity contribution in [3.8, 4) is 0 Å². The molecular formula is C16H17ClN2O. The Labute approximate surface area is 123 Å². The van der Waals surface area contributed by atoms with Crippen molar-refractivity contribution in [1.29, 1.82) is 0 Å². The van der Waals surface area contributed by atoms with Crippen LogP contribution in [0.3, 0.4) is 0 Å². The van der Waals surface area contributed by atoms with Gasteiger partial charge < -0.3 is 8.98 Å². The molecule has 4 heteroatoms. The van der Waals surface area contributed by atoms with Crippen LogP contribution in [0, 0.1) is 13.8 Å². The van der Waals surface area contributed by atoms with Gasteiger partial charge in [0, 0.05) is 0 Å². The van der Waals surface area contributed by atoms with E-state index in [-0.39, 0.29) is 5.38 Å². The second-order valence-electron chi connectivity index (χ2n) is 5.13. The molecule has 0 amide bonds. The van der Waals surface area contributed by atoms with E-state index >= 15 is 0 Å². The fraction of sp³-hybridized carbons (Fsp3) is 0.312. The molecule has 0 aliphatic rings. The molecule has 20 heavy (non-hydrogen) atoms. The van der Waals surface area contributed by atoms with Gasteiger partial charge in [0.25, 0.3) is 0 Å². The van der Waals surface area contributed by atoms with Gasteiger partial charge in [-0.1, -0.05) is 12.1 Å². The molecule has 1 atom stereocenters. The average molecular weight is 289 g/mol. The minimum atomic E-state index is -0.141. The average Bonchev–Trinajstić information content (AvgIpc) is 2.95. The maximum absolute atomic E-state index is 6.29. The molecule has 0 saturated carbocycles. The Morgan fingerprint density at radius 2 is 2.05 bits per heavy atom. The highest BCUT2D eigenvalue weighted by atomic mass is 35.5.